The largest absolute Gasteiger partial charge is 0.465 e. The SMILES string of the molecule is CCOC(=O)Cn1c(=NC(=O)CS(=O)(=O)Cc2ccccc2)sc2cc(SC)ccc21. The quantitative estimate of drug-likeness (QED) is 0.365. The van der Waals surface area contributed by atoms with E-state index in [-0.39, 0.29) is 23.7 Å². The first-order valence-electron chi connectivity index (χ1n) is 9.46. The molecular formula is C21H22N2O5S3. The first-order chi connectivity index (χ1) is 14.8. The zero-order valence-corrected chi connectivity index (χ0v) is 19.6. The molecule has 3 aromatic rings. The molecule has 0 unspecified atom stereocenters. The maximum absolute atomic E-state index is 12.5. The lowest BCUT2D eigenvalue weighted by atomic mass is 10.2. The molecule has 31 heavy (non-hydrogen) atoms. The number of aromatic nitrogens is 1. The molecule has 0 atom stereocenters. The molecule has 0 spiro atoms. The molecule has 2 aromatic carbocycles. The van der Waals surface area contributed by atoms with Gasteiger partial charge in [-0.2, -0.15) is 4.99 Å². The molecule has 0 saturated carbocycles. The summed E-state index contributed by atoms with van der Waals surface area (Å²) >= 11 is 2.80. The predicted octanol–water partition coefficient (Wildman–Crippen LogP) is 3.03. The van der Waals surface area contributed by atoms with Crippen LogP contribution in [0.15, 0.2) is 58.4 Å². The summed E-state index contributed by atoms with van der Waals surface area (Å²) in [6, 6.07) is 14.4. The van der Waals surface area contributed by atoms with Crippen molar-refractivity contribution in [2.45, 2.75) is 24.1 Å². The van der Waals surface area contributed by atoms with Crippen LogP contribution in [-0.4, -0.2) is 43.5 Å². The number of fused-ring (bicyclic) bond motifs is 1. The van der Waals surface area contributed by atoms with Crippen LogP contribution in [0.2, 0.25) is 0 Å². The van der Waals surface area contributed by atoms with Crippen LogP contribution in [0.4, 0.5) is 0 Å². The van der Waals surface area contributed by atoms with Gasteiger partial charge in [0.05, 0.1) is 22.6 Å². The average molecular weight is 479 g/mol. The van der Waals surface area contributed by atoms with Crippen LogP contribution in [0.3, 0.4) is 0 Å². The fraction of sp³-hybridized carbons (Fsp3) is 0.286. The molecule has 1 amide bonds. The molecule has 164 valence electrons. The number of thioether (sulfide) groups is 1. The molecular weight excluding hydrogens is 456 g/mol. The second-order valence-corrected chi connectivity index (χ2v) is 10.6. The number of ether oxygens (including phenoxy) is 1. The first kappa shape index (κ1) is 23.2. The summed E-state index contributed by atoms with van der Waals surface area (Å²) in [5, 5.41) is 0. The van der Waals surface area contributed by atoms with E-state index in [2.05, 4.69) is 4.99 Å². The molecule has 0 saturated heterocycles. The number of rotatable bonds is 8. The lowest BCUT2D eigenvalue weighted by Gasteiger charge is -2.05. The van der Waals surface area contributed by atoms with E-state index in [1.165, 1.54) is 11.3 Å². The third-order valence-corrected chi connectivity index (χ3v) is 7.50. The number of nitrogens with zero attached hydrogens (tertiary/aromatic N) is 2. The molecule has 1 heterocycles. The van der Waals surface area contributed by atoms with Crippen LogP contribution in [0.5, 0.6) is 0 Å². The van der Waals surface area contributed by atoms with Gasteiger partial charge in [-0.25, -0.2) is 8.42 Å². The van der Waals surface area contributed by atoms with Gasteiger partial charge in [-0.15, -0.1) is 11.8 Å². The standard InChI is InChI=1S/C21H22N2O5S3/c1-3-28-20(25)12-23-17-10-9-16(29-2)11-18(17)30-21(23)22-19(24)14-31(26,27)13-15-7-5-4-6-8-15/h4-11H,3,12-14H2,1-2H3. The molecule has 10 heteroatoms. The normalized spacial score (nSPS) is 12.3. The van der Waals surface area contributed by atoms with Crippen LogP contribution in [0, 0.1) is 0 Å². The number of carbonyl (C=O) groups is 2. The average Bonchev–Trinajstić information content (AvgIpc) is 3.03. The third-order valence-electron chi connectivity index (χ3n) is 4.28. The Balaban J connectivity index is 1.93. The van der Waals surface area contributed by atoms with Gasteiger partial charge in [-0.1, -0.05) is 41.7 Å². The van der Waals surface area contributed by atoms with Crippen molar-refractivity contribution < 1.29 is 22.7 Å². The number of hydrogen-bond acceptors (Lipinski definition) is 7. The third kappa shape index (κ3) is 6.28. The molecule has 0 N–H and O–H groups in total. The number of hydrogen-bond donors (Lipinski definition) is 0. The van der Waals surface area contributed by atoms with Crippen molar-refractivity contribution in [3.05, 3.63) is 58.9 Å². The molecule has 3 rings (SSSR count). The Morgan fingerprint density at radius 2 is 1.90 bits per heavy atom. The molecule has 0 aliphatic heterocycles. The summed E-state index contributed by atoms with van der Waals surface area (Å²) in [7, 11) is -3.68. The summed E-state index contributed by atoms with van der Waals surface area (Å²) < 4.78 is 32.3. The van der Waals surface area contributed by atoms with Gasteiger partial charge in [0.15, 0.2) is 14.6 Å². The Morgan fingerprint density at radius 1 is 1.16 bits per heavy atom. The Morgan fingerprint density at radius 3 is 2.58 bits per heavy atom. The monoisotopic (exact) mass is 478 g/mol. The molecule has 7 nitrogen and oxygen atoms in total. The van der Waals surface area contributed by atoms with Gasteiger partial charge in [-0.3, -0.25) is 9.59 Å². The van der Waals surface area contributed by atoms with E-state index in [1.807, 2.05) is 24.5 Å². The predicted molar refractivity (Wildman–Crippen MR) is 123 cm³/mol. The Bertz CT molecular complexity index is 1260. The molecule has 1 aromatic heterocycles. The maximum atomic E-state index is 12.5. The van der Waals surface area contributed by atoms with Gasteiger partial charge >= 0.3 is 5.97 Å². The Labute approximate surface area is 188 Å². The smallest absolute Gasteiger partial charge is 0.326 e. The minimum Gasteiger partial charge on any atom is -0.465 e. The maximum Gasteiger partial charge on any atom is 0.326 e. The minimum atomic E-state index is -3.68. The van der Waals surface area contributed by atoms with E-state index in [0.29, 0.717) is 5.56 Å². The summed E-state index contributed by atoms with van der Waals surface area (Å²) in [5.41, 5.74) is 1.34. The topological polar surface area (TPSA) is 94.8 Å². The second kappa shape index (κ2) is 10.3. The van der Waals surface area contributed by atoms with E-state index >= 15 is 0 Å². The van der Waals surface area contributed by atoms with Crippen molar-refractivity contribution >= 4 is 55.0 Å². The van der Waals surface area contributed by atoms with Crippen LogP contribution < -0.4 is 4.80 Å². The first-order valence-corrected chi connectivity index (χ1v) is 13.3. The lowest BCUT2D eigenvalue weighted by Crippen LogP contribution is -2.25. The van der Waals surface area contributed by atoms with E-state index < -0.39 is 27.5 Å². The van der Waals surface area contributed by atoms with E-state index in [0.717, 1.165) is 15.1 Å². The number of esters is 1. The molecule has 0 fully saturated rings. The van der Waals surface area contributed by atoms with E-state index in [9.17, 15) is 18.0 Å². The summed E-state index contributed by atoms with van der Waals surface area (Å²) in [6.45, 7) is 1.84. The minimum absolute atomic E-state index is 0.116. The van der Waals surface area contributed by atoms with Crippen molar-refractivity contribution in [1.82, 2.24) is 4.57 Å². The van der Waals surface area contributed by atoms with E-state index in [4.69, 9.17) is 4.74 Å². The van der Waals surface area contributed by atoms with Gasteiger partial charge < -0.3 is 9.30 Å². The molecule has 0 radical (unpaired) electrons. The van der Waals surface area contributed by atoms with Crippen molar-refractivity contribution in [2.24, 2.45) is 4.99 Å². The Hall–Kier alpha value is -2.43. The van der Waals surface area contributed by atoms with Crippen molar-refractivity contribution in [1.29, 1.82) is 0 Å². The second-order valence-electron chi connectivity index (χ2n) is 6.63. The molecule has 0 aliphatic rings. The number of thiazole rings is 1. The summed E-state index contributed by atoms with van der Waals surface area (Å²) in [6.07, 6.45) is 1.95. The van der Waals surface area contributed by atoms with Crippen LogP contribution in [0.25, 0.3) is 10.2 Å². The zero-order valence-electron chi connectivity index (χ0n) is 17.1. The highest BCUT2D eigenvalue weighted by atomic mass is 32.2. The summed E-state index contributed by atoms with van der Waals surface area (Å²) in [4.78, 5) is 29.9. The number of carbonyl (C=O) groups excluding carboxylic acids is 2. The van der Waals surface area contributed by atoms with Crippen molar-refractivity contribution in [3.8, 4) is 0 Å². The van der Waals surface area contributed by atoms with Gasteiger partial charge in [0.2, 0.25) is 0 Å². The highest BCUT2D eigenvalue weighted by Gasteiger charge is 2.18. The fourth-order valence-corrected chi connectivity index (χ4v) is 5.80. The Kier molecular flexibility index (Phi) is 7.69. The van der Waals surface area contributed by atoms with Crippen molar-refractivity contribution in [3.63, 3.8) is 0 Å². The molecule has 0 bridgehead atoms. The zero-order chi connectivity index (χ0) is 22.4. The lowest BCUT2D eigenvalue weighted by molar-refractivity contribution is -0.143. The number of sulfone groups is 1. The van der Waals surface area contributed by atoms with Crippen LogP contribution in [0.1, 0.15) is 12.5 Å². The van der Waals surface area contributed by atoms with Gasteiger partial charge in [0.25, 0.3) is 5.91 Å². The van der Waals surface area contributed by atoms with Crippen molar-refractivity contribution in [2.75, 3.05) is 18.6 Å². The summed E-state index contributed by atoms with van der Waals surface area (Å²) in [5.74, 6) is -2.17. The van der Waals surface area contributed by atoms with Gasteiger partial charge in [0, 0.05) is 4.90 Å². The van der Waals surface area contributed by atoms with Gasteiger partial charge in [-0.05, 0) is 36.9 Å². The molecule has 0 aliphatic carbocycles. The highest BCUT2D eigenvalue weighted by molar-refractivity contribution is 7.98. The van der Waals surface area contributed by atoms with Crippen LogP contribution >= 0.6 is 23.1 Å². The van der Waals surface area contributed by atoms with Gasteiger partial charge in [0.1, 0.15) is 12.3 Å². The highest BCUT2D eigenvalue weighted by Crippen LogP contribution is 2.24. The number of amides is 1. The number of benzene rings is 2. The fourth-order valence-electron chi connectivity index (χ4n) is 2.96. The van der Waals surface area contributed by atoms with E-state index in [1.54, 1.807) is 53.6 Å². The van der Waals surface area contributed by atoms with Crippen LogP contribution in [-0.2, 0) is 36.5 Å².